The molecule has 13 heteroatoms. The first kappa shape index (κ1) is 24.2. The molecule has 198 valence electrons. The number of ether oxygens (including phenoxy) is 1. The third-order valence-electron chi connectivity index (χ3n) is 6.90. The van der Waals surface area contributed by atoms with Crippen molar-refractivity contribution in [3.63, 3.8) is 0 Å². The van der Waals surface area contributed by atoms with Crippen molar-refractivity contribution >= 4 is 11.6 Å². The predicted octanol–water partition coefficient (Wildman–Crippen LogP) is 4.01. The fraction of sp³-hybridized carbons (Fsp3) is 0.400. The lowest BCUT2D eigenvalue weighted by Gasteiger charge is -2.22. The minimum absolute atomic E-state index is 0.203. The fourth-order valence-electron chi connectivity index (χ4n) is 4.92. The Morgan fingerprint density at radius 3 is 2.58 bits per heavy atom. The average Bonchev–Trinajstić information content (AvgIpc) is 3.65. The number of aryl methyl sites for hydroxylation is 2. The van der Waals surface area contributed by atoms with E-state index < -0.39 is 11.9 Å². The van der Waals surface area contributed by atoms with E-state index in [4.69, 9.17) is 9.84 Å². The van der Waals surface area contributed by atoms with Gasteiger partial charge in [-0.1, -0.05) is 0 Å². The van der Waals surface area contributed by atoms with E-state index in [1.54, 1.807) is 25.4 Å². The first-order valence-corrected chi connectivity index (χ1v) is 12.3. The molecule has 6 rings (SSSR count). The van der Waals surface area contributed by atoms with Gasteiger partial charge in [-0.15, -0.1) is 0 Å². The molecule has 4 aromatic heterocycles. The zero-order chi connectivity index (χ0) is 26.6. The molecule has 4 aromatic rings. The SMILES string of the molecule is COc1ncnc(C2CC2)c1-c1nn(C)c2c1CN(c1ccc(-c3nc(C(F)(F)F)cn3C)cn1)CCN2. The summed E-state index contributed by atoms with van der Waals surface area (Å²) in [6.07, 6.45) is 1.71. The van der Waals surface area contributed by atoms with E-state index in [1.165, 1.54) is 17.9 Å². The minimum Gasteiger partial charge on any atom is -0.480 e. The minimum atomic E-state index is -4.51. The summed E-state index contributed by atoms with van der Waals surface area (Å²) in [6, 6.07) is 3.55. The third-order valence-corrected chi connectivity index (χ3v) is 6.90. The molecule has 5 heterocycles. The number of anilines is 2. The molecule has 10 nitrogen and oxygen atoms in total. The molecule has 2 aliphatic rings. The lowest BCUT2D eigenvalue weighted by Crippen LogP contribution is -2.26. The monoisotopic (exact) mass is 525 g/mol. The quantitative estimate of drug-likeness (QED) is 0.418. The van der Waals surface area contributed by atoms with E-state index >= 15 is 0 Å². The molecule has 1 aliphatic heterocycles. The molecule has 0 amide bonds. The molecule has 1 N–H and O–H groups in total. The number of nitrogens with one attached hydrogen (secondary N) is 1. The van der Waals surface area contributed by atoms with Gasteiger partial charge in [-0.05, 0) is 25.0 Å². The number of imidazole rings is 1. The Kier molecular flexibility index (Phi) is 5.73. The molecule has 0 radical (unpaired) electrons. The van der Waals surface area contributed by atoms with Crippen LogP contribution in [0.3, 0.4) is 0 Å². The number of methoxy groups -OCH3 is 1. The molecule has 38 heavy (non-hydrogen) atoms. The smallest absolute Gasteiger partial charge is 0.434 e. The van der Waals surface area contributed by atoms with Crippen LogP contribution in [0.2, 0.25) is 0 Å². The van der Waals surface area contributed by atoms with Crippen LogP contribution in [0, 0.1) is 0 Å². The second kappa shape index (κ2) is 8.99. The van der Waals surface area contributed by atoms with Gasteiger partial charge in [0.25, 0.3) is 0 Å². The van der Waals surface area contributed by atoms with Crippen LogP contribution in [0.1, 0.15) is 35.7 Å². The maximum atomic E-state index is 13.1. The first-order chi connectivity index (χ1) is 18.2. The van der Waals surface area contributed by atoms with Crippen LogP contribution < -0.4 is 15.0 Å². The van der Waals surface area contributed by atoms with Crippen molar-refractivity contribution in [1.29, 1.82) is 0 Å². The molecule has 0 unspecified atom stereocenters. The molecule has 1 saturated carbocycles. The van der Waals surface area contributed by atoms with Crippen LogP contribution in [-0.2, 0) is 26.8 Å². The third kappa shape index (κ3) is 4.21. The predicted molar refractivity (Wildman–Crippen MR) is 134 cm³/mol. The number of aromatic nitrogens is 7. The van der Waals surface area contributed by atoms with Gasteiger partial charge in [-0.25, -0.2) is 19.9 Å². The summed E-state index contributed by atoms with van der Waals surface area (Å²) >= 11 is 0. The van der Waals surface area contributed by atoms with E-state index in [-0.39, 0.29) is 5.82 Å². The van der Waals surface area contributed by atoms with Gasteiger partial charge >= 0.3 is 6.18 Å². The molecule has 1 fully saturated rings. The van der Waals surface area contributed by atoms with Gasteiger partial charge in [0.2, 0.25) is 5.88 Å². The van der Waals surface area contributed by atoms with E-state index in [0.29, 0.717) is 42.8 Å². The van der Waals surface area contributed by atoms with Gasteiger partial charge in [-0.3, -0.25) is 4.68 Å². The maximum Gasteiger partial charge on any atom is 0.434 e. The van der Waals surface area contributed by atoms with Gasteiger partial charge in [0, 0.05) is 56.6 Å². The Morgan fingerprint density at radius 1 is 1.11 bits per heavy atom. The molecular weight excluding hydrogens is 499 g/mol. The highest BCUT2D eigenvalue weighted by Crippen LogP contribution is 2.47. The van der Waals surface area contributed by atoms with Crippen molar-refractivity contribution in [1.82, 2.24) is 34.3 Å². The van der Waals surface area contributed by atoms with E-state index in [1.807, 2.05) is 11.7 Å². The highest BCUT2D eigenvalue weighted by Gasteiger charge is 2.35. The van der Waals surface area contributed by atoms with Gasteiger partial charge in [-0.2, -0.15) is 18.3 Å². The molecule has 1 aliphatic carbocycles. The van der Waals surface area contributed by atoms with Crippen LogP contribution in [0.4, 0.5) is 24.8 Å². The summed E-state index contributed by atoms with van der Waals surface area (Å²) in [6.45, 7) is 1.83. The molecule has 0 bridgehead atoms. The number of hydrogen-bond acceptors (Lipinski definition) is 8. The maximum absolute atomic E-state index is 13.1. The Hall–Kier alpha value is -4.16. The molecule has 0 saturated heterocycles. The first-order valence-electron chi connectivity index (χ1n) is 12.3. The average molecular weight is 526 g/mol. The van der Waals surface area contributed by atoms with E-state index in [2.05, 4.69) is 30.2 Å². The summed E-state index contributed by atoms with van der Waals surface area (Å²) in [4.78, 5) is 19.4. The van der Waals surface area contributed by atoms with Crippen molar-refractivity contribution in [3.8, 4) is 28.5 Å². The van der Waals surface area contributed by atoms with Crippen molar-refractivity contribution in [2.75, 3.05) is 30.4 Å². The summed E-state index contributed by atoms with van der Waals surface area (Å²) in [5, 5.41) is 8.32. The number of nitrogens with zero attached hydrogens (tertiary/aromatic N) is 8. The normalized spacial score (nSPS) is 15.7. The topological polar surface area (TPSA) is 98.8 Å². The van der Waals surface area contributed by atoms with Crippen LogP contribution >= 0.6 is 0 Å². The zero-order valence-electron chi connectivity index (χ0n) is 21.1. The standard InChI is InChI=1S/C25H26F3N9O/c1-35-12-17(25(26,27)28)33-22(35)15-6-7-18(30-10-15)37-9-8-29-23-16(11-37)21(34-36(23)2)19-20(14-4-5-14)31-13-32-24(19)38-3/h6-7,10,12-14,29H,4-5,8-9,11H2,1-3H3. The molecule has 0 aromatic carbocycles. The number of rotatable bonds is 5. The second-order valence-corrected chi connectivity index (χ2v) is 9.53. The van der Waals surface area contributed by atoms with E-state index in [0.717, 1.165) is 47.4 Å². The highest BCUT2D eigenvalue weighted by molar-refractivity contribution is 5.76. The van der Waals surface area contributed by atoms with Crippen LogP contribution in [0.25, 0.3) is 22.6 Å². The zero-order valence-corrected chi connectivity index (χ0v) is 21.1. The number of halogens is 3. The fourth-order valence-corrected chi connectivity index (χ4v) is 4.92. The van der Waals surface area contributed by atoms with Crippen molar-refractivity contribution in [3.05, 3.63) is 47.8 Å². The number of pyridine rings is 1. The van der Waals surface area contributed by atoms with Crippen LogP contribution in [0.5, 0.6) is 5.88 Å². The Morgan fingerprint density at radius 2 is 1.92 bits per heavy atom. The second-order valence-electron chi connectivity index (χ2n) is 9.53. The number of fused-ring (bicyclic) bond motifs is 1. The molecular formula is C25H26F3N9O. The number of hydrogen-bond donors (Lipinski definition) is 1. The Labute approximate surface area is 216 Å². The lowest BCUT2D eigenvalue weighted by atomic mass is 10.0. The van der Waals surface area contributed by atoms with Crippen molar-refractivity contribution in [2.24, 2.45) is 14.1 Å². The summed E-state index contributed by atoms with van der Waals surface area (Å²) < 4.78 is 48.2. The Bertz CT molecular complexity index is 1490. The Balaban J connectivity index is 1.34. The van der Waals surface area contributed by atoms with Gasteiger partial charge in [0.15, 0.2) is 5.69 Å². The van der Waals surface area contributed by atoms with Crippen molar-refractivity contribution < 1.29 is 17.9 Å². The van der Waals surface area contributed by atoms with Crippen LogP contribution in [0.15, 0.2) is 30.9 Å². The van der Waals surface area contributed by atoms with Crippen molar-refractivity contribution in [2.45, 2.75) is 31.5 Å². The molecule has 0 atom stereocenters. The van der Waals surface area contributed by atoms with Gasteiger partial charge in [0.1, 0.15) is 29.5 Å². The highest BCUT2D eigenvalue weighted by atomic mass is 19.4. The lowest BCUT2D eigenvalue weighted by molar-refractivity contribution is -0.140. The van der Waals surface area contributed by atoms with Crippen LogP contribution in [-0.4, -0.2) is 54.5 Å². The largest absolute Gasteiger partial charge is 0.480 e. The summed E-state index contributed by atoms with van der Waals surface area (Å²) in [5.41, 5.74) is 3.08. The number of alkyl halides is 3. The summed E-state index contributed by atoms with van der Waals surface area (Å²) in [5.74, 6) is 2.66. The van der Waals surface area contributed by atoms with E-state index in [9.17, 15) is 13.2 Å². The summed E-state index contributed by atoms with van der Waals surface area (Å²) in [7, 11) is 5.03. The molecule has 0 spiro atoms. The van der Waals surface area contributed by atoms with Gasteiger partial charge in [0.05, 0.1) is 24.9 Å². The van der Waals surface area contributed by atoms with Gasteiger partial charge < -0.3 is 19.5 Å².